The van der Waals surface area contributed by atoms with Crippen molar-refractivity contribution in [1.29, 1.82) is 0 Å². The van der Waals surface area contributed by atoms with Crippen molar-refractivity contribution in [3.8, 4) is 0 Å². The molecule has 3 unspecified atom stereocenters. The van der Waals surface area contributed by atoms with Crippen LogP contribution in [0.3, 0.4) is 0 Å². The molecule has 13 heavy (non-hydrogen) atoms. The van der Waals surface area contributed by atoms with Crippen molar-refractivity contribution in [2.45, 2.75) is 57.0 Å². The number of hydrogen-bond donors (Lipinski definition) is 0. The van der Waals surface area contributed by atoms with Crippen LogP contribution >= 0.6 is 0 Å². The van der Waals surface area contributed by atoms with Gasteiger partial charge in [-0.05, 0) is 38.3 Å². The number of epoxide rings is 1. The zero-order valence-electron chi connectivity index (χ0n) is 8.80. The van der Waals surface area contributed by atoms with E-state index in [1.165, 1.54) is 12.8 Å². The van der Waals surface area contributed by atoms with Gasteiger partial charge in [0, 0.05) is 0 Å². The summed E-state index contributed by atoms with van der Waals surface area (Å²) in [6, 6.07) is 0. The van der Waals surface area contributed by atoms with Gasteiger partial charge in [-0.15, -0.1) is 0 Å². The van der Waals surface area contributed by atoms with Gasteiger partial charge in [0.05, 0.1) is 6.10 Å². The Kier molecular flexibility index (Phi) is 2.09. The summed E-state index contributed by atoms with van der Waals surface area (Å²) in [7, 11) is -2.32. The molecule has 2 rings (SSSR count). The Bertz CT molecular complexity index is 211. The molecule has 2 fully saturated rings. The second-order valence-corrected chi connectivity index (χ2v) is 8.92. The van der Waals surface area contributed by atoms with Crippen molar-refractivity contribution in [2.75, 3.05) is 0 Å². The normalized spacial score (nSPS) is 44.3. The first kappa shape index (κ1) is 9.68. The van der Waals surface area contributed by atoms with E-state index in [0.717, 1.165) is 18.8 Å². The maximum absolute atomic E-state index is 12.0. The highest BCUT2D eigenvalue weighted by atomic mass is 28.4. The van der Waals surface area contributed by atoms with Gasteiger partial charge in [0.1, 0.15) is 5.22 Å². The van der Waals surface area contributed by atoms with Gasteiger partial charge in [0.2, 0.25) is 0 Å². The average Bonchev–Trinajstić information content (AvgIpc) is 2.76. The van der Waals surface area contributed by atoms with E-state index in [4.69, 9.17) is 4.74 Å². The van der Waals surface area contributed by atoms with Crippen LogP contribution < -0.4 is 0 Å². The van der Waals surface area contributed by atoms with E-state index >= 15 is 0 Å². The minimum atomic E-state index is -2.32. The van der Waals surface area contributed by atoms with Crippen molar-refractivity contribution in [1.82, 2.24) is 0 Å². The first-order valence-electron chi connectivity index (χ1n) is 5.38. The van der Waals surface area contributed by atoms with E-state index < -0.39 is 8.32 Å². The number of rotatable bonds is 2. The van der Waals surface area contributed by atoms with Crippen molar-refractivity contribution in [3.63, 3.8) is 0 Å². The summed E-state index contributed by atoms with van der Waals surface area (Å²) in [6.07, 6.45) is 4.99. The Morgan fingerprint density at radius 1 is 1.54 bits per heavy atom. The molecule has 0 spiro atoms. The van der Waals surface area contributed by atoms with Crippen molar-refractivity contribution in [3.05, 3.63) is 0 Å². The molecule has 0 aromatic heterocycles. The molecule has 1 aliphatic carbocycles. The fraction of sp³-hybridized carbons (Fsp3) is 1.00. The molecule has 1 radical (unpaired) electrons. The van der Waals surface area contributed by atoms with E-state index in [0.29, 0.717) is 6.10 Å². The highest BCUT2D eigenvalue weighted by Crippen LogP contribution is 2.54. The summed E-state index contributed by atoms with van der Waals surface area (Å²) in [5.74, 6) is 0.817. The quantitative estimate of drug-likeness (QED) is 0.497. The van der Waals surface area contributed by atoms with Crippen molar-refractivity contribution >= 4 is 8.32 Å². The van der Waals surface area contributed by atoms with Crippen LogP contribution in [0.5, 0.6) is 0 Å². The monoisotopic (exact) mass is 199 g/mol. The van der Waals surface area contributed by atoms with E-state index in [-0.39, 0.29) is 5.22 Å². The van der Waals surface area contributed by atoms with E-state index in [9.17, 15) is 4.80 Å². The maximum atomic E-state index is 12.0. The Morgan fingerprint density at radius 2 is 2.23 bits per heavy atom. The molecule has 0 bridgehead atoms. The molecule has 0 aromatic carbocycles. The molecule has 2 aliphatic rings. The molecule has 1 saturated carbocycles. The molecule has 3 heteroatoms. The maximum Gasteiger partial charge on any atom is 0.265 e. The first-order valence-corrected chi connectivity index (χ1v) is 8.28. The van der Waals surface area contributed by atoms with Crippen LogP contribution in [-0.2, 0) is 9.53 Å². The van der Waals surface area contributed by atoms with Gasteiger partial charge in [-0.25, -0.2) is 0 Å². The van der Waals surface area contributed by atoms with Crippen LogP contribution in [0.2, 0.25) is 13.1 Å². The van der Waals surface area contributed by atoms with Crippen LogP contribution in [0.4, 0.5) is 0 Å². The molecule has 75 valence electrons. The topological polar surface area (TPSA) is 32.4 Å². The molecular weight excluding hydrogens is 180 g/mol. The summed E-state index contributed by atoms with van der Waals surface area (Å²) >= 11 is 0. The van der Waals surface area contributed by atoms with Crippen LogP contribution in [0.25, 0.3) is 0 Å². The smallest absolute Gasteiger partial charge is 0.265 e. The Labute approximate surface area is 81.4 Å². The third-order valence-corrected chi connectivity index (χ3v) is 6.61. The molecule has 1 heterocycles. The largest absolute Gasteiger partial charge is 0.367 e. The highest BCUT2D eigenvalue weighted by Gasteiger charge is 2.68. The molecule has 0 N–H and O–H groups in total. The fourth-order valence-corrected chi connectivity index (χ4v) is 4.78. The lowest BCUT2D eigenvalue weighted by Gasteiger charge is -2.28. The molecule has 1 saturated heterocycles. The van der Waals surface area contributed by atoms with Crippen molar-refractivity contribution < 1.29 is 9.53 Å². The van der Waals surface area contributed by atoms with Crippen LogP contribution in [0, 0.1) is 5.92 Å². The predicted octanol–water partition coefficient (Wildman–Crippen LogP) is 2.51. The van der Waals surface area contributed by atoms with Crippen LogP contribution in [0.15, 0.2) is 0 Å². The number of ether oxygens (including phenoxy) is 1. The van der Waals surface area contributed by atoms with Gasteiger partial charge < -0.3 is 4.74 Å². The van der Waals surface area contributed by atoms with Gasteiger partial charge in [0.25, 0.3) is 8.32 Å². The molecule has 3 atom stereocenters. The zero-order valence-corrected chi connectivity index (χ0v) is 9.80. The molecule has 0 amide bonds. The standard InChI is InChI=1S/C10H19O2Si/c1-4-8-5-6-10(13(2,3)11)9(7-8)12-10/h8-9H,4-7H2,1-3H3. The van der Waals surface area contributed by atoms with Gasteiger partial charge in [-0.1, -0.05) is 13.3 Å². The molecule has 1 aliphatic heterocycles. The van der Waals surface area contributed by atoms with Gasteiger partial charge in [-0.2, -0.15) is 0 Å². The lowest BCUT2D eigenvalue weighted by Crippen LogP contribution is -2.47. The predicted molar refractivity (Wildman–Crippen MR) is 53.4 cm³/mol. The second-order valence-electron chi connectivity index (χ2n) is 5.05. The summed E-state index contributed by atoms with van der Waals surface area (Å²) in [4.78, 5) is 12.0. The van der Waals surface area contributed by atoms with E-state index in [1.807, 2.05) is 13.1 Å². The van der Waals surface area contributed by atoms with Gasteiger partial charge in [-0.3, -0.25) is 4.80 Å². The van der Waals surface area contributed by atoms with E-state index in [2.05, 4.69) is 6.92 Å². The third kappa shape index (κ3) is 1.37. The van der Waals surface area contributed by atoms with Gasteiger partial charge in [0.15, 0.2) is 0 Å². The first-order chi connectivity index (χ1) is 5.99. The number of fused-ring (bicyclic) bond motifs is 1. The molecular formula is C10H19O2Si. The highest BCUT2D eigenvalue weighted by molar-refractivity contribution is 6.73. The molecule has 0 aromatic rings. The zero-order chi connectivity index (χ0) is 9.69. The molecule has 2 nitrogen and oxygen atoms in total. The minimum Gasteiger partial charge on any atom is -0.367 e. The Balaban J connectivity index is 2.03. The summed E-state index contributed by atoms with van der Waals surface area (Å²) in [6.45, 7) is 6.04. The van der Waals surface area contributed by atoms with Crippen LogP contribution in [0.1, 0.15) is 32.6 Å². The third-order valence-electron chi connectivity index (χ3n) is 3.88. The van der Waals surface area contributed by atoms with Crippen molar-refractivity contribution in [2.24, 2.45) is 5.92 Å². The minimum absolute atomic E-state index is 0.154. The lowest BCUT2D eigenvalue weighted by molar-refractivity contribution is 0.293. The second kappa shape index (κ2) is 2.81. The Morgan fingerprint density at radius 3 is 2.69 bits per heavy atom. The lowest BCUT2D eigenvalue weighted by atomic mass is 9.87. The fourth-order valence-electron chi connectivity index (χ4n) is 2.72. The summed E-state index contributed by atoms with van der Waals surface area (Å²) in [5, 5.41) is -0.154. The Hall–Kier alpha value is 0.137. The van der Waals surface area contributed by atoms with E-state index in [1.54, 1.807) is 0 Å². The van der Waals surface area contributed by atoms with Gasteiger partial charge >= 0.3 is 0 Å². The summed E-state index contributed by atoms with van der Waals surface area (Å²) in [5.41, 5.74) is 0. The summed E-state index contributed by atoms with van der Waals surface area (Å²) < 4.78 is 5.71. The SMILES string of the molecule is CCC1CCC2([Si](C)(C)[O])OC2C1. The van der Waals surface area contributed by atoms with Crippen LogP contribution in [-0.4, -0.2) is 19.6 Å². The average molecular weight is 199 g/mol. The number of hydrogen-bond acceptors (Lipinski definition) is 1.